The predicted molar refractivity (Wildman–Crippen MR) is 64.8 cm³/mol. The fraction of sp³-hybridized carbons (Fsp3) is 0.667. The highest BCUT2D eigenvalue weighted by molar-refractivity contribution is 7.99. The molecular weight excluding hydrogens is 258 g/mol. The van der Waals surface area contributed by atoms with Crippen LogP contribution in [0.1, 0.15) is 5.69 Å². The molecule has 1 fully saturated rings. The maximum atomic E-state index is 8.58. The minimum atomic E-state index is -0.0925. The van der Waals surface area contributed by atoms with Gasteiger partial charge in [0.15, 0.2) is 16.6 Å². The van der Waals surface area contributed by atoms with E-state index in [1.165, 1.54) is 11.8 Å². The Bertz CT molecular complexity index is 405. The van der Waals surface area contributed by atoms with E-state index in [-0.39, 0.29) is 11.5 Å². The molecule has 1 saturated heterocycles. The highest BCUT2D eigenvalue weighted by atomic mass is 32.2. The second kappa shape index (κ2) is 6.57. The summed E-state index contributed by atoms with van der Waals surface area (Å²) in [5.74, 6) is 0.741. The van der Waals surface area contributed by atoms with Gasteiger partial charge < -0.3 is 15.7 Å². The van der Waals surface area contributed by atoms with Crippen molar-refractivity contribution in [2.24, 2.45) is 10.9 Å². The van der Waals surface area contributed by atoms with Gasteiger partial charge in [-0.2, -0.15) is 0 Å². The Labute approximate surface area is 108 Å². The summed E-state index contributed by atoms with van der Waals surface area (Å²) >= 11 is 1.47. The standard InChI is InChI=1S/C9H15N5O3S/c10-8(11-15)7-9(13-17-12-7)18-6-3-14-1-4-16-5-2-14/h15H,1-6H2,(H2,10,11). The molecule has 0 amide bonds. The molecule has 0 atom stereocenters. The number of nitrogens with two attached hydrogens (primary N) is 1. The first-order valence-corrected chi connectivity index (χ1v) is 6.53. The average molecular weight is 273 g/mol. The molecule has 18 heavy (non-hydrogen) atoms. The van der Waals surface area contributed by atoms with Crippen LogP contribution in [0.5, 0.6) is 0 Å². The minimum Gasteiger partial charge on any atom is -0.409 e. The van der Waals surface area contributed by atoms with Crippen molar-refractivity contribution in [1.82, 2.24) is 15.2 Å². The van der Waals surface area contributed by atoms with Gasteiger partial charge in [-0.1, -0.05) is 16.9 Å². The molecule has 8 nitrogen and oxygen atoms in total. The SMILES string of the molecule is N/C(=N\O)c1nonc1SCCN1CCOCC1. The molecular formula is C9H15N5O3S. The highest BCUT2D eigenvalue weighted by Crippen LogP contribution is 2.18. The van der Waals surface area contributed by atoms with Crippen LogP contribution in [0.4, 0.5) is 0 Å². The fourth-order valence-electron chi connectivity index (χ4n) is 1.58. The third-order valence-corrected chi connectivity index (χ3v) is 3.49. The number of hydrogen-bond donors (Lipinski definition) is 2. The Morgan fingerprint density at radius 1 is 1.44 bits per heavy atom. The number of morpholine rings is 1. The monoisotopic (exact) mass is 273 g/mol. The van der Waals surface area contributed by atoms with Crippen LogP contribution >= 0.6 is 11.8 Å². The molecule has 9 heteroatoms. The zero-order valence-corrected chi connectivity index (χ0v) is 10.6. The van der Waals surface area contributed by atoms with Gasteiger partial charge >= 0.3 is 0 Å². The summed E-state index contributed by atoms with van der Waals surface area (Å²) in [4.78, 5) is 2.31. The zero-order chi connectivity index (χ0) is 12.8. The molecule has 1 aromatic rings. The molecule has 1 aliphatic heterocycles. The summed E-state index contributed by atoms with van der Waals surface area (Å²) in [6.45, 7) is 4.39. The summed E-state index contributed by atoms with van der Waals surface area (Å²) in [7, 11) is 0. The summed E-state index contributed by atoms with van der Waals surface area (Å²) < 4.78 is 9.86. The number of ether oxygens (including phenoxy) is 1. The smallest absolute Gasteiger partial charge is 0.195 e. The quantitative estimate of drug-likeness (QED) is 0.245. The predicted octanol–water partition coefficient (Wildman–Crippen LogP) is -0.412. The summed E-state index contributed by atoms with van der Waals surface area (Å²) in [5.41, 5.74) is 5.73. The lowest BCUT2D eigenvalue weighted by Crippen LogP contribution is -2.37. The van der Waals surface area contributed by atoms with E-state index in [1.54, 1.807) is 0 Å². The van der Waals surface area contributed by atoms with Crippen LogP contribution in [0.2, 0.25) is 0 Å². The Hall–Kier alpha value is -1.32. The molecule has 1 aliphatic rings. The number of thioether (sulfide) groups is 1. The first kappa shape index (κ1) is 13.1. The van der Waals surface area contributed by atoms with Gasteiger partial charge in [0.05, 0.1) is 13.2 Å². The Morgan fingerprint density at radius 2 is 2.22 bits per heavy atom. The van der Waals surface area contributed by atoms with Gasteiger partial charge in [-0.15, -0.1) is 0 Å². The van der Waals surface area contributed by atoms with E-state index in [2.05, 4.69) is 25.0 Å². The number of aromatic nitrogens is 2. The van der Waals surface area contributed by atoms with Gasteiger partial charge in [-0.25, -0.2) is 4.63 Å². The molecule has 0 aromatic carbocycles. The zero-order valence-electron chi connectivity index (χ0n) is 9.78. The Balaban J connectivity index is 1.81. The lowest BCUT2D eigenvalue weighted by molar-refractivity contribution is 0.0410. The van der Waals surface area contributed by atoms with Gasteiger partial charge in [0.2, 0.25) is 0 Å². The van der Waals surface area contributed by atoms with Crippen molar-refractivity contribution in [2.75, 3.05) is 38.6 Å². The molecule has 100 valence electrons. The average Bonchev–Trinajstić information content (AvgIpc) is 2.87. The molecule has 0 saturated carbocycles. The summed E-state index contributed by atoms with van der Waals surface area (Å²) in [6, 6.07) is 0. The van der Waals surface area contributed by atoms with Crippen LogP contribution in [0.25, 0.3) is 0 Å². The summed E-state index contributed by atoms with van der Waals surface area (Å²) in [5, 5.41) is 19.3. The third kappa shape index (κ3) is 3.34. The van der Waals surface area contributed by atoms with E-state index >= 15 is 0 Å². The van der Waals surface area contributed by atoms with Crippen molar-refractivity contribution in [3.8, 4) is 0 Å². The minimum absolute atomic E-state index is 0.0925. The first-order chi connectivity index (χ1) is 8.81. The molecule has 0 spiro atoms. The molecule has 0 bridgehead atoms. The van der Waals surface area contributed by atoms with Crippen LogP contribution in [0, 0.1) is 0 Å². The molecule has 0 unspecified atom stereocenters. The number of hydrogen-bond acceptors (Lipinski definition) is 8. The number of nitrogens with zero attached hydrogens (tertiary/aromatic N) is 4. The van der Waals surface area contributed by atoms with Crippen molar-refractivity contribution in [3.05, 3.63) is 5.69 Å². The number of amidine groups is 1. The van der Waals surface area contributed by atoms with Crippen LogP contribution in [0.15, 0.2) is 14.8 Å². The fourth-order valence-corrected chi connectivity index (χ4v) is 2.48. The van der Waals surface area contributed by atoms with Gasteiger partial charge in [0.25, 0.3) is 0 Å². The van der Waals surface area contributed by atoms with Gasteiger partial charge in [0, 0.05) is 25.4 Å². The molecule has 0 aliphatic carbocycles. The topological polar surface area (TPSA) is 110 Å². The van der Waals surface area contributed by atoms with Crippen LogP contribution in [0.3, 0.4) is 0 Å². The van der Waals surface area contributed by atoms with Crippen LogP contribution < -0.4 is 5.73 Å². The van der Waals surface area contributed by atoms with Crippen molar-refractivity contribution < 1.29 is 14.6 Å². The summed E-state index contributed by atoms with van der Waals surface area (Å²) in [6.07, 6.45) is 0. The number of oxime groups is 1. The highest BCUT2D eigenvalue weighted by Gasteiger charge is 2.16. The Morgan fingerprint density at radius 3 is 2.94 bits per heavy atom. The molecule has 1 aromatic heterocycles. The van der Waals surface area contributed by atoms with E-state index in [0.29, 0.717) is 5.03 Å². The van der Waals surface area contributed by atoms with Crippen LogP contribution in [-0.2, 0) is 4.74 Å². The third-order valence-electron chi connectivity index (χ3n) is 2.56. The van der Waals surface area contributed by atoms with E-state index in [4.69, 9.17) is 15.7 Å². The van der Waals surface area contributed by atoms with Crippen molar-refractivity contribution in [3.63, 3.8) is 0 Å². The van der Waals surface area contributed by atoms with Crippen molar-refractivity contribution in [1.29, 1.82) is 0 Å². The van der Waals surface area contributed by atoms with E-state index in [9.17, 15) is 0 Å². The van der Waals surface area contributed by atoms with Crippen molar-refractivity contribution >= 4 is 17.6 Å². The van der Waals surface area contributed by atoms with Gasteiger partial charge in [-0.05, 0) is 10.3 Å². The van der Waals surface area contributed by atoms with E-state index in [1.807, 2.05) is 0 Å². The molecule has 2 rings (SSSR count). The van der Waals surface area contributed by atoms with Gasteiger partial charge in [0.1, 0.15) is 0 Å². The lowest BCUT2D eigenvalue weighted by Gasteiger charge is -2.26. The van der Waals surface area contributed by atoms with Crippen molar-refractivity contribution in [2.45, 2.75) is 5.03 Å². The largest absolute Gasteiger partial charge is 0.409 e. The maximum absolute atomic E-state index is 8.58. The van der Waals surface area contributed by atoms with E-state index < -0.39 is 0 Å². The van der Waals surface area contributed by atoms with Crippen LogP contribution in [-0.4, -0.2) is 64.9 Å². The lowest BCUT2D eigenvalue weighted by atomic mass is 10.4. The first-order valence-electron chi connectivity index (χ1n) is 5.54. The van der Waals surface area contributed by atoms with E-state index in [0.717, 1.165) is 38.6 Å². The normalized spacial score (nSPS) is 18.1. The molecule has 2 heterocycles. The molecule has 0 radical (unpaired) electrons. The maximum Gasteiger partial charge on any atom is 0.195 e. The van der Waals surface area contributed by atoms with Gasteiger partial charge in [-0.3, -0.25) is 4.90 Å². The molecule has 3 N–H and O–H groups in total. The Kier molecular flexibility index (Phi) is 4.79. The number of rotatable bonds is 5. The second-order valence-corrected chi connectivity index (χ2v) is 4.79. The second-order valence-electron chi connectivity index (χ2n) is 3.71.